The van der Waals surface area contributed by atoms with Gasteiger partial charge in [0.1, 0.15) is 6.61 Å². The van der Waals surface area contributed by atoms with Crippen molar-refractivity contribution in [3.8, 4) is 12.3 Å². The fraction of sp³-hybridized carbons (Fsp3) is 0.800. The average molecular weight is 234 g/mol. The molecular weight excluding hydrogens is 216 g/mol. The maximum Gasteiger partial charge on any atom is 0.268 e. The standard InChI is InChI=1S/C10H18O4S/c1-3-8-14-15(11,12)10-7-5-6-9-13-4-2/h1H,4-10H2,2H3. The van der Waals surface area contributed by atoms with Crippen molar-refractivity contribution in [1.82, 2.24) is 0 Å². The van der Waals surface area contributed by atoms with Gasteiger partial charge < -0.3 is 4.74 Å². The lowest BCUT2D eigenvalue weighted by Gasteiger charge is -2.03. The number of rotatable bonds is 9. The molecule has 0 saturated carbocycles. The van der Waals surface area contributed by atoms with E-state index in [1.54, 1.807) is 0 Å². The number of hydrogen-bond acceptors (Lipinski definition) is 4. The quantitative estimate of drug-likeness (QED) is 0.341. The second-order valence-corrected chi connectivity index (χ2v) is 4.75. The van der Waals surface area contributed by atoms with Gasteiger partial charge in [-0.2, -0.15) is 8.42 Å². The molecule has 0 N–H and O–H groups in total. The zero-order valence-electron chi connectivity index (χ0n) is 9.07. The molecule has 0 amide bonds. The topological polar surface area (TPSA) is 52.6 Å². The smallest absolute Gasteiger partial charge is 0.268 e. The van der Waals surface area contributed by atoms with E-state index in [4.69, 9.17) is 11.2 Å². The van der Waals surface area contributed by atoms with Crippen LogP contribution < -0.4 is 0 Å². The zero-order chi connectivity index (χ0) is 11.6. The minimum Gasteiger partial charge on any atom is -0.382 e. The van der Waals surface area contributed by atoms with Crippen LogP contribution in [-0.2, 0) is 19.0 Å². The summed E-state index contributed by atoms with van der Waals surface area (Å²) in [5.41, 5.74) is 0. The Morgan fingerprint density at radius 2 is 2.00 bits per heavy atom. The van der Waals surface area contributed by atoms with E-state index in [0.717, 1.165) is 12.8 Å². The first kappa shape index (κ1) is 14.4. The van der Waals surface area contributed by atoms with E-state index in [-0.39, 0.29) is 12.4 Å². The minimum atomic E-state index is -3.42. The van der Waals surface area contributed by atoms with Crippen LogP contribution in [0.15, 0.2) is 0 Å². The lowest BCUT2D eigenvalue weighted by atomic mass is 10.3. The summed E-state index contributed by atoms with van der Waals surface area (Å²) in [7, 11) is -3.42. The van der Waals surface area contributed by atoms with Crippen molar-refractivity contribution in [2.24, 2.45) is 0 Å². The fourth-order valence-electron chi connectivity index (χ4n) is 0.987. The van der Waals surface area contributed by atoms with E-state index >= 15 is 0 Å². The molecule has 4 nitrogen and oxygen atoms in total. The lowest BCUT2D eigenvalue weighted by molar-refractivity contribution is 0.143. The van der Waals surface area contributed by atoms with Gasteiger partial charge >= 0.3 is 0 Å². The number of hydrogen-bond donors (Lipinski definition) is 0. The Labute approximate surface area is 92.1 Å². The second-order valence-electron chi connectivity index (χ2n) is 2.99. The normalized spacial score (nSPS) is 11.2. The van der Waals surface area contributed by atoms with Crippen LogP contribution in [0.5, 0.6) is 0 Å². The van der Waals surface area contributed by atoms with Crippen LogP contribution in [0.25, 0.3) is 0 Å². The molecule has 0 atom stereocenters. The second kappa shape index (κ2) is 8.72. The predicted molar refractivity (Wildman–Crippen MR) is 58.9 cm³/mol. The van der Waals surface area contributed by atoms with Gasteiger partial charge in [-0.05, 0) is 19.8 Å². The van der Waals surface area contributed by atoms with Crippen molar-refractivity contribution in [3.05, 3.63) is 0 Å². The predicted octanol–water partition coefficient (Wildman–Crippen LogP) is 1.17. The van der Waals surface area contributed by atoms with Gasteiger partial charge in [-0.1, -0.05) is 12.3 Å². The Balaban J connectivity index is 3.46. The van der Waals surface area contributed by atoms with Crippen LogP contribution in [-0.4, -0.2) is 34.0 Å². The van der Waals surface area contributed by atoms with Crippen molar-refractivity contribution in [1.29, 1.82) is 0 Å². The molecule has 0 aliphatic carbocycles. The Morgan fingerprint density at radius 3 is 2.60 bits per heavy atom. The first-order valence-electron chi connectivity index (χ1n) is 5.00. The minimum absolute atomic E-state index is 0.0286. The molecular formula is C10H18O4S. The molecule has 15 heavy (non-hydrogen) atoms. The van der Waals surface area contributed by atoms with Crippen LogP contribution in [0, 0.1) is 12.3 Å². The number of unbranched alkanes of at least 4 members (excludes halogenated alkanes) is 2. The van der Waals surface area contributed by atoms with Crippen LogP contribution in [0.1, 0.15) is 26.2 Å². The van der Waals surface area contributed by atoms with Gasteiger partial charge in [-0.15, -0.1) is 6.42 Å². The summed E-state index contributed by atoms with van der Waals surface area (Å²) in [4.78, 5) is 0. The molecule has 0 aliphatic rings. The first-order chi connectivity index (χ1) is 7.12. The summed E-state index contributed by atoms with van der Waals surface area (Å²) in [5.74, 6) is 2.15. The summed E-state index contributed by atoms with van der Waals surface area (Å²) in [6, 6.07) is 0. The van der Waals surface area contributed by atoms with Gasteiger partial charge in [0.15, 0.2) is 0 Å². The molecule has 0 radical (unpaired) electrons. The highest BCUT2D eigenvalue weighted by Gasteiger charge is 2.09. The van der Waals surface area contributed by atoms with Crippen molar-refractivity contribution in [3.63, 3.8) is 0 Å². The molecule has 0 heterocycles. The van der Waals surface area contributed by atoms with E-state index in [1.165, 1.54) is 0 Å². The molecule has 0 bridgehead atoms. The Morgan fingerprint density at radius 1 is 1.27 bits per heavy atom. The Hall–Kier alpha value is -0.570. The van der Waals surface area contributed by atoms with E-state index in [9.17, 15) is 8.42 Å². The zero-order valence-corrected chi connectivity index (χ0v) is 9.88. The lowest BCUT2D eigenvalue weighted by Crippen LogP contribution is -2.11. The number of ether oxygens (including phenoxy) is 1. The highest BCUT2D eigenvalue weighted by atomic mass is 32.2. The molecule has 5 heteroatoms. The highest BCUT2D eigenvalue weighted by molar-refractivity contribution is 7.86. The summed E-state index contributed by atoms with van der Waals surface area (Å²) in [5, 5.41) is 0. The monoisotopic (exact) mass is 234 g/mol. The van der Waals surface area contributed by atoms with Crippen molar-refractivity contribution in [2.75, 3.05) is 25.6 Å². The first-order valence-corrected chi connectivity index (χ1v) is 6.58. The third kappa shape index (κ3) is 9.73. The van der Waals surface area contributed by atoms with Crippen LogP contribution in [0.4, 0.5) is 0 Å². The SMILES string of the molecule is C#CCOS(=O)(=O)CCCCCOCC. The van der Waals surface area contributed by atoms with Crippen molar-refractivity contribution in [2.45, 2.75) is 26.2 Å². The van der Waals surface area contributed by atoms with Gasteiger partial charge in [-0.3, -0.25) is 4.18 Å². The highest BCUT2D eigenvalue weighted by Crippen LogP contribution is 2.02. The molecule has 88 valence electrons. The molecule has 0 spiro atoms. The summed E-state index contributed by atoms with van der Waals surface area (Å²) < 4.78 is 31.9. The van der Waals surface area contributed by atoms with Gasteiger partial charge in [0.05, 0.1) is 5.75 Å². The van der Waals surface area contributed by atoms with E-state index in [1.807, 2.05) is 6.92 Å². The average Bonchev–Trinajstić information content (AvgIpc) is 2.20. The third-order valence-corrected chi connectivity index (χ3v) is 2.97. The number of terminal acetylenes is 1. The summed E-state index contributed by atoms with van der Waals surface area (Å²) in [6.07, 6.45) is 7.16. The van der Waals surface area contributed by atoms with Gasteiger partial charge in [0.2, 0.25) is 0 Å². The molecule has 0 saturated heterocycles. The van der Waals surface area contributed by atoms with Crippen molar-refractivity contribution >= 4 is 10.1 Å². The summed E-state index contributed by atoms with van der Waals surface area (Å²) >= 11 is 0. The van der Waals surface area contributed by atoms with E-state index < -0.39 is 10.1 Å². The van der Waals surface area contributed by atoms with Crippen LogP contribution in [0.3, 0.4) is 0 Å². The largest absolute Gasteiger partial charge is 0.382 e. The Bertz CT molecular complexity index is 276. The van der Waals surface area contributed by atoms with Gasteiger partial charge in [0.25, 0.3) is 10.1 Å². The molecule has 0 aliphatic heterocycles. The van der Waals surface area contributed by atoms with Gasteiger partial charge in [0, 0.05) is 13.2 Å². The summed E-state index contributed by atoms with van der Waals surface area (Å²) in [6.45, 7) is 3.13. The van der Waals surface area contributed by atoms with Crippen LogP contribution >= 0.6 is 0 Å². The molecule has 0 aromatic rings. The van der Waals surface area contributed by atoms with Crippen molar-refractivity contribution < 1.29 is 17.3 Å². The molecule has 0 unspecified atom stereocenters. The Kier molecular flexibility index (Phi) is 8.38. The maximum absolute atomic E-state index is 11.1. The third-order valence-electron chi connectivity index (χ3n) is 1.71. The molecule has 0 aromatic heterocycles. The van der Waals surface area contributed by atoms with E-state index in [2.05, 4.69) is 10.1 Å². The van der Waals surface area contributed by atoms with Gasteiger partial charge in [-0.25, -0.2) is 0 Å². The van der Waals surface area contributed by atoms with Crippen LogP contribution in [0.2, 0.25) is 0 Å². The molecule has 0 aromatic carbocycles. The molecule has 0 fully saturated rings. The fourth-order valence-corrected chi connectivity index (χ4v) is 1.91. The maximum atomic E-state index is 11.1. The van der Waals surface area contributed by atoms with E-state index in [0.29, 0.717) is 19.6 Å². The molecule has 0 rings (SSSR count).